The SMILES string of the molecule is CCCCCC/C=C\C/C=C\CCCCCCCC(=O)OCC(O)COCCC(C(=O)[O-])[N+](C)(C)C. The van der Waals surface area contributed by atoms with Gasteiger partial charge in [0.15, 0.2) is 0 Å². The van der Waals surface area contributed by atoms with Crippen LogP contribution in [-0.2, 0) is 19.1 Å². The highest BCUT2D eigenvalue weighted by molar-refractivity contribution is 5.69. The van der Waals surface area contributed by atoms with Gasteiger partial charge in [0.1, 0.15) is 18.8 Å². The molecule has 0 radical (unpaired) electrons. The fourth-order valence-electron chi connectivity index (χ4n) is 3.80. The van der Waals surface area contributed by atoms with Gasteiger partial charge in [0.05, 0.1) is 40.3 Å². The van der Waals surface area contributed by atoms with Gasteiger partial charge < -0.3 is 29.0 Å². The Labute approximate surface area is 220 Å². The molecule has 0 aliphatic carbocycles. The van der Waals surface area contributed by atoms with Crippen molar-refractivity contribution in [3.8, 4) is 0 Å². The van der Waals surface area contributed by atoms with Crippen molar-refractivity contribution in [3.63, 3.8) is 0 Å². The van der Waals surface area contributed by atoms with Gasteiger partial charge in [0.2, 0.25) is 0 Å². The molecular formula is C29H53NO6. The maximum absolute atomic E-state index is 11.8. The summed E-state index contributed by atoms with van der Waals surface area (Å²) in [7, 11) is 5.34. The fourth-order valence-corrected chi connectivity index (χ4v) is 3.80. The standard InChI is InChI=1S/C29H53NO6/c1-5-6-7-8-9-10-11-12-13-14-15-16-17-18-19-20-21-28(32)36-25-26(31)24-35-23-22-27(29(33)34)30(2,3)4/h10-11,13-14,26-27,31H,5-9,12,15-25H2,1-4H3/b11-10-,14-13-. The summed E-state index contributed by atoms with van der Waals surface area (Å²) in [6.07, 6.45) is 22.6. The van der Waals surface area contributed by atoms with Gasteiger partial charge >= 0.3 is 5.97 Å². The number of rotatable bonds is 24. The lowest BCUT2D eigenvalue weighted by Crippen LogP contribution is -2.55. The molecule has 0 aliphatic heterocycles. The predicted molar refractivity (Wildman–Crippen MR) is 143 cm³/mol. The zero-order valence-electron chi connectivity index (χ0n) is 23.4. The molecule has 0 saturated heterocycles. The average Bonchev–Trinajstić information content (AvgIpc) is 2.81. The normalized spacial score (nSPS) is 13.9. The number of carbonyl (C=O) groups excluding carboxylic acids is 2. The minimum absolute atomic E-state index is 0.00598. The third-order valence-corrected chi connectivity index (χ3v) is 6.07. The number of carboxylic acid groups (broad SMARTS) is 1. The molecule has 0 bridgehead atoms. The third-order valence-electron chi connectivity index (χ3n) is 6.07. The third kappa shape index (κ3) is 21.6. The lowest BCUT2D eigenvalue weighted by atomic mass is 10.1. The monoisotopic (exact) mass is 511 g/mol. The number of nitrogens with zero attached hydrogens (tertiary/aromatic N) is 1. The van der Waals surface area contributed by atoms with Crippen LogP contribution in [0.25, 0.3) is 0 Å². The van der Waals surface area contributed by atoms with Crippen LogP contribution in [0.3, 0.4) is 0 Å². The summed E-state index contributed by atoms with van der Waals surface area (Å²) in [6, 6.07) is -0.687. The van der Waals surface area contributed by atoms with Gasteiger partial charge in [-0.1, -0.05) is 69.8 Å². The highest BCUT2D eigenvalue weighted by Crippen LogP contribution is 2.10. The number of hydrogen-bond donors (Lipinski definition) is 1. The molecule has 36 heavy (non-hydrogen) atoms. The number of likely N-dealkylation sites (N-methyl/N-ethyl adjacent to an activating group) is 1. The molecule has 1 N–H and O–H groups in total. The molecule has 0 aromatic heterocycles. The molecule has 2 unspecified atom stereocenters. The molecule has 0 spiro atoms. The van der Waals surface area contributed by atoms with E-state index in [9.17, 15) is 19.8 Å². The molecule has 7 heteroatoms. The van der Waals surface area contributed by atoms with Gasteiger partial charge in [0.25, 0.3) is 0 Å². The summed E-state index contributed by atoms with van der Waals surface area (Å²) in [4.78, 5) is 23.1. The van der Waals surface area contributed by atoms with Crippen molar-refractivity contribution >= 4 is 11.9 Å². The molecule has 7 nitrogen and oxygen atoms in total. The molecular weight excluding hydrogens is 458 g/mol. The van der Waals surface area contributed by atoms with E-state index in [0.29, 0.717) is 6.42 Å². The van der Waals surface area contributed by atoms with Crippen molar-refractivity contribution in [2.45, 2.75) is 109 Å². The summed E-state index contributed by atoms with van der Waals surface area (Å²) >= 11 is 0. The van der Waals surface area contributed by atoms with Crippen LogP contribution < -0.4 is 5.11 Å². The number of aliphatic carboxylic acids is 1. The lowest BCUT2D eigenvalue weighted by molar-refractivity contribution is -0.889. The van der Waals surface area contributed by atoms with E-state index in [1.165, 1.54) is 38.5 Å². The van der Waals surface area contributed by atoms with E-state index >= 15 is 0 Å². The second-order valence-electron chi connectivity index (χ2n) is 10.5. The van der Waals surface area contributed by atoms with Gasteiger partial charge in [0, 0.05) is 12.8 Å². The fraction of sp³-hybridized carbons (Fsp3) is 0.793. The first-order valence-electron chi connectivity index (χ1n) is 13.9. The van der Waals surface area contributed by atoms with Crippen molar-refractivity contribution in [1.29, 1.82) is 0 Å². The van der Waals surface area contributed by atoms with Gasteiger partial charge in [-0.05, 0) is 38.5 Å². The first-order valence-corrected chi connectivity index (χ1v) is 13.9. The number of unbranched alkanes of at least 4 members (excludes halogenated alkanes) is 9. The van der Waals surface area contributed by atoms with Gasteiger partial charge in [-0.2, -0.15) is 0 Å². The predicted octanol–water partition coefficient (Wildman–Crippen LogP) is 4.33. The maximum Gasteiger partial charge on any atom is 0.305 e. The number of ether oxygens (including phenoxy) is 2. The molecule has 0 aliphatic rings. The van der Waals surface area contributed by atoms with Gasteiger partial charge in [-0.15, -0.1) is 0 Å². The van der Waals surface area contributed by atoms with Crippen molar-refractivity contribution in [2.75, 3.05) is 41.0 Å². The molecule has 0 aromatic rings. The van der Waals surface area contributed by atoms with Crippen molar-refractivity contribution in [2.24, 2.45) is 0 Å². The van der Waals surface area contributed by atoms with Crippen LogP contribution in [-0.4, -0.2) is 74.6 Å². The number of carbonyl (C=O) groups is 2. The highest BCUT2D eigenvalue weighted by Gasteiger charge is 2.24. The Morgan fingerprint density at radius 2 is 1.44 bits per heavy atom. The van der Waals surface area contributed by atoms with Crippen molar-refractivity contribution in [1.82, 2.24) is 0 Å². The first-order chi connectivity index (χ1) is 17.2. The summed E-state index contributed by atoms with van der Waals surface area (Å²) < 4.78 is 10.7. The van der Waals surface area contributed by atoms with Crippen LogP contribution in [0, 0.1) is 0 Å². The summed E-state index contributed by atoms with van der Waals surface area (Å²) in [5, 5.41) is 21.1. The number of allylic oxidation sites excluding steroid dienone is 4. The molecule has 0 heterocycles. The minimum Gasteiger partial charge on any atom is -0.544 e. The van der Waals surface area contributed by atoms with Crippen molar-refractivity contribution in [3.05, 3.63) is 24.3 Å². The Morgan fingerprint density at radius 3 is 2.03 bits per heavy atom. The van der Waals surface area contributed by atoms with E-state index < -0.39 is 18.1 Å². The summed E-state index contributed by atoms with van der Waals surface area (Å²) in [6.45, 7) is 2.30. The second kappa shape index (κ2) is 22.5. The van der Waals surface area contributed by atoms with E-state index in [4.69, 9.17) is 9.47 Å². The smallest absolute Gasteiger partial charge is 0.305 e. The Bertz CT molecular complexity index is 611. The largest absolute Gasteiger partial charge is 0.544 e. The summed E-state index contributed by atoms with van der Waals surface area (Å²) in [5.74, 6) is -1.43. The number of quaternary nitrogens is 1. The van der Waals surface area contributed by atoms with E-state index in [2.05, 4.69) is 31.2 Å². The van der Waals surface area contributed by atoms with E-state index in [-0.39, 0.29) is 36.7 Å². The minimum atomic E-state index is -1.12. The second-order valence-corrected chi connectivity index (χ2v) is 10.5. The zero-order valence-corrected chi connectivity index (χ0v) is 23.4. The van der Waals surface area contributed by atoms with Crippen LogP contribution in [0.5, 0.6) is 0 Å². The molecule has 2 atom stereocenters. The van der Waals surface area contributed by atoms with Crippen LogP contribution >= 0.6 is 0 Å². The number of aliphatic hydroxyl groups excluding tert-OH is 1. The van der Waals surface area contributed by atoms with Crippen LogP contribution in [0.15, 0.2) is 24.3 Å². The zero-order chi connectivity index (χ0) is 27.1. The lowest BCUT2D eigenvalue weighted by Gasteiger charge is -2.34. The van der Waals surface area contributed by atoms with E-state index in [0.717, 1.165) is 38.5 Å². The topological polar surface area (TPSA) is 95.9 Å². The Balaban J connectivity index is 3.60. The first kappa shape index (κ1) is 34.3. The van der Waals surface area contributed by atoms with Gasteiger partial charge in [-0.3, -0.25) is 4.79 Å². The van der Waals surface area contributed by atoms with Crippen LogP contribution in [0.1, 0.15) is 96.8 Å². The summed E-state index contributed by atoms with van der Waals surface area (Å²) in [5.41, 5.74) is 0. The van der Waals surface area contributed by atoms with E-state index in [1.807, 2.05) is 0 Å². The number of carboxylic acids is 1. The van der Waals surface area contributed by atoms with Crippen LogP contribution in [0.4, 0.5) is 0 Å². The number of hydrogen-bond acceptors (Lipinski definition) is 6. The molecule has 0 rings (SSSR count). The molecule has 0 fully saturated rings. The number of aliphatic hydroxyl groups is 1. The number of esters is 1. The maximum atomic E-state index is 11.8. The molecule has 0 saturated carbocycles. The van der Waals surface area contributed by atoms with Crippen LogP contribution in [0.2, 0.25) is 0 Å². The Kier molecular flexibility index (Phi) is 21.4. The Morgan fingerprint density at radius 1 is 0.861 bits per heavy atom. The highest BCUT2D eigenvalue weighted by atomic mass is 16.5. The van der Waals surface area contributed by atoms with Gasteiger partial charge in [-0.25, -0.2) is 0 Å². The average molecular weight is 512 g/mol. The van der Waals surface area contributed by atoms with Crippen molar-refractivity contribution < 1.29 is 33.8 Å². The molecule has 0 aromatic carbocycles. The quantitative estimate of drug-likeness (QED) is 0.0897. The van der Waals surface area contributed by atoms with E-state index in [1.54, 1.807) is 21.1 Å². The molecule has 0 amide bonds. The molecule has 210 valence electrons. The Hall–Kier alpha value is -1.70.